The van der Waals surface area contributed by atoms with Crippen molar-refractivity contribution < 1.29 is 9.13 Å². The van der Waals surface area contributed by atoms with Crippen LogP contribution in [0.4, 0.5) is 10.2 Å². The lowest BCUT2D eigenvalue weighted by Gasteiger charge is -2.50. The van der Waals surface area contributed by atoms with Crippen molar-refractivity contribution in [1.29, 1.82) is 0 Å². The molecule has 1 unspecified atom stereocenters. The summed E-state index contributed by atoms with van der Waals surface area (Å²) in [5, 5.41) is 11.5. The molecule has 4 bridgehead atoms. The van der Waals surface area contributed by atoms with Gasteiger partial charge in [-0.25, -0.2) is 13.9 Å². The number of likely N-dealkylation sites (tertiary alicyclic amines) is 1. The third kappa shape index (κ3) is 3.95. The molecule has 1 aliphatic carbocycles. The van der Waals surface area contributed by atoms with Gasteiger partial charge in [0.1, 0.15) is 24.1 Å². The molecule has 1 saturated heterocycles. The van der Waals surface area contributed by atoms with Crippen molar-refractivity contribution in [2.45, 2.75) is 57.2 Å². The lowest BCUT2D eigenvalue weighted by atomic mass is 9.78. The first-order valence-electron chi connectivity index (χ1n) is 12.0. The Morgan fingerprint density at radius 1 is 1.15 bits per heavy atom. The summed E-state index contributed by atoms with van der Waals surface area (Å²) < 4.78 is 22.5. The van der Waals surface area contributed by atoms with Gasteiger partial charge in [-0.1, -0.05) is 0 Å². The van der Waals surface area contributed by atoms with Gasteiger partial charge in [0, 0.05) is 48.0 Å². The van der Waals surface area contributed by atoms with E-state index in [4.69, 9.17) is 9.72 Å². The van der Waals surface area contributed by atoms with E-state index in [1.807, 2.05) is 12.3 Å². The number of anilines is 1. The first kappa shape index (κ1) is 20.9. The minimum Gasteiger partial charge on any atom is -0.478 e. The van der Waals surface area contributed by atoms with E-state index in [2.05, 4.69) is 34.5 Å². The molecule has 2 N–H and O–H groups in total. The monoisotopic (exact) mass is 450 g/mol. The van der Waals surface area contributed by atoms with Gasteiger partial charge in [-0.15, -0.1) is 0 Å². The van der Waals surface area contributed by atoms with Crippen molar-refractivity contribution in [3.8, 4) is 16.9 Å². The summed E-state index contributed by atoms with van der Waals surface area (Å²) in [4.78, 5) is 7.45. The fraction of sp³-hybridized carbons (Fsp3) is 0.520. The summed E-state index contributed by atoms with van der Waals surface area (Å²) in [6.07, 6.45) is 8.33. The van der Waals surface area contributed by atoms with Crippen molar-refractivity contribution in [3.63, 3.8) is 0 Å². The minimum atomic E-state index is -0.315. The molecule has 174 valence electrons. The normalized spacial score (nSPS) is 25.5. The Labute approximate surface area is 193 Å². The molecule has 0 radical (unpaired) electrons. The molecule has 0 amide bonds. The molecule has 7 nitrogen and oxygen atoms in total. The van der Waals surface area contributed by atoms with Crippen LogP contribution in [0.5, 0.6) is 5.75 Å². The fourth-order valence-corrected chi connectivity index (χ4v) is 5.65. The quantitative estimate of drug-likeness (QED) is 0.586. The summed E-state index contributed by atoms with van der Waals surface area (Å²) in [5.74, 6) is 1.62. The number of fused-ring (bicyclic) bond motifs is 5. The first-order valence-corrected chi connectivity index (χ1v) is 12.0. The smallest absolute Gasteiger partial charge is 0.165 e. The van der Waals surface area contributed by atoms with E-state index in [0.717, 1.165) is 37.8 Å². The van der Waals surface area contributed by atoms with Crippen molar-refractivity contribution in [3.05, 3.63) is 42.5 Å². The highest BCUT2D eigenvalue weighted by molar-refractivity contribution is 5.78. The molecule has 2 aliphatic heterocycles. The molecule has 6 rings (SSSR count). The van der Waals surface area contributed by atoms with Crippen LogP contribution in [0.2, 0.25) is 0 Å². The molecule has 4 heterocycles. The van der Waals surface area contributed by atoms with Crippen LogP contribution in [0, 0.1) is 11.7 Å². The fourth-order valence-electron chi connectivity index (χ4n) is 5.65. The van der Waals surface area contributed by atoms with Gasteiger partial charge >= 0.3 is 0 Å². The maximum Gasteiger partial charge on any atom is 0.165 e. The standard InChI is InChI=1S/C25H31FN6O/c1-25(2)12-16-7-9-27-23-8-10-32-24(30-23)20(13-29-32)19-11-18(5-6-21(19)26)33-15-28-22(16)14-31(25)17-3-4-17/h5-6,8,10-11,13,16-17,22,28H,3-4,7,9,12,14-15H2,1-2H3,(H,27,30)/t16?,22-/m1/s1. The summed E-state index contributed by atoms with van der Waals surface area (Å²) in [5.41, 5.74) is 1.92. The number of nitrogens with one attached hydrogen (secondary N) is 2. The van der Waals surface area contributed by atoms with E-state index in [9.17, 15) is 4.39 Å². The van der Waals surface area contributed by atoms with Crippen molar-refractivity contribution in [2.75, 3.05) is 25.1 Å². The second kappa shape index (κ2) is 7.95. The Kier molecular flexibility index (Phi) is 5.03. The zero-order valence-electron chi connectivity index (χ0n) is 19.2. The summed E-state index contributed by atoms with van der Waals surface area (Å²) in [7, 11) is 0. The molecule has 3 aliphatic rings. The minimum absolute atomic E-state index is 0.198. The highest BCUT2D eigenvalue weighted by Crippen LogP contribution is 2.41. The molecule has 33 heavy (non-hydrogen) atoms. The van der Waals surface area contributed by atoms with E-state index in [1.165, 1.54) is 18.9 Å². The van der Waals surface area contributed by atoms with Gasteiger partial charge in [0.25, 0.3) is 0 Å². The topological polar surface area (TPSA) is 66.7 Å². The average Bonchev–Trinajstić information content (AvgIpc) is 3.54. The molecule has 1 aromatic carbocycles. The van der Waals surface area contributed by atoms with Gasteiger partial charge in [-0.2, -0.15) is 5.10 Å². The lowest BCUT2D eigenvalue weighted by Crippen LogP contribution is -2.60. The first-order chi connectivity index (χ1) is 16.0. The SMILES string of the molecule is CC1(C)CC2CCNc3ccn4ncc(c4n3)-c3cc(ccc3F)OCN[C@@H]2CN1C1CC1. The van der Waals surface area contributed by atoms with E-state index in [-0.39, 0.29) is 11.4 Å². The van der Waals surface area contributed by atoms with Crippen LogP contribution in [0.25, 0.3) is 16.8 Å². The Balaban J connectivity index is 1.34. The number of aromatic nitrogens is 3. The third-order valence-electron chi connectivity index (χ3n) is 7.49. The number of hydrogen-bond donors (Lipinski definition) is 2. The number of rotatable bonds is 1. The summed E-state index contributed by atoms with van der Waals surface area (Å²) >= 11 is 0. The molecule has 2 aromatic heterocycles. The molecule has 1 saturated carbocycles. The number of ether oxygens (including phenoxy) is 1. The molecular formula is C25H31FN6O. The second-order valence-electron chi connectivity index (χ2n) is 10.3. The molecule has 2 atom stereocenters. The Morgan fingerprint density at radius 2 is 2.03 bits per heavy atom. The van der Waals surface area contributed by atoms with Crippen LogP contribution in [0.3, 0.4) is 0 Å². The predicted octanol–water partition coefficient (Wildman–Crippen LogP) is 3.91. The maximum atomic E-state index is 14.8. The zero-order chi connectivity index (χ0) is 22.6. The highest BCUT2D eigenvalue weighted by atomic mass is 19.1. The van der Waals surface area contributed by atoms with E-state index in [1.54, 1.807) is 22.8 Å². The average molecular weight is 451 g/mol. The largest absolute Gasteiger partial charge is 0.478 e. The number of hydrogen-bond acceptors (Lipinski definition) is 6. The third-order valence-corrected chi connectivity index (χ3v) is 7.49. The number of halogens is 1. The molecular weight excluding hydrogens is 419 g/mol. The molecule has 0 spiro atoms. The van der Waals surface area contributed by atoms with E-state index < -0.39 is 0 Å². The van der Waals surface area contributed by atoms with Gasteiger partial charge in [-0.05, 0) is 69.7 Å². The predicted molar refractivity (Wildman–Crippen MR) is 126 cm³/mol. The van der Waals surface area contributed by atoms with Gasteiger partial charge < -0.3 is 10.1 Å². The van der Waals surface area contributed by atoms with Crippen molar-refractivity contribution >= 4 is 11.5 Å². The number of nitrogens with zero attached hydrogens (tertiary/aromatic N) is 4. The van der Waals surface area contributed by atoms with Crippen LogP contribution >= 0.6 is 0 Å². The Bertz CT molecular complexity index is 1170. The van der Waals surface area contributed by atoms with E-state index in [0.29, 0.717) is 41.2 Å². The van der Waals surface area contributed by atoms with Crippen LogP contribution < -0.4 is 15.4 Å². The van der Waals surface area contributed by atoms with Crippen molar-refractivity contribution in [1.82, 2.24) is 24.8 Å². The lowest BCUT2D eigenvalue weighted by molar-refractivity contribution is 0.00945. The van der Waals surface area contributed by atoms with Crippen LogP contribution in [-0.4, -0.2) is 56.9 Å². The second-order valence-corrected chi connectivity index (χ2v) is 10.3. The number of piperidine rings is 1. The molecule has 2 fully saturated rings. The molecule has 8 heteroatoms. The van der Waals surface area contributed by atoms with Crippen LogP contribution in [-0.2, 0) is 0 Å². The zero-order valence-corrected chi connectivity index (χ0v) is 19.2. The van der Waals surface area contributed by atoms with Crippen LogP contribution in [0.1, 0.15) is 39.5 Å². The Morgan fingerprint density at radius 3 is 2.88 bits per heavy atom. The number of benzene rings is 1. The van der Waals surface area contributed by atoms with Crippen molar-refractivity contribution in [2.24, 2.45) is 5.92 Å². The van der Waals surface area contributed by atoms with E-state index >= 15 is 0 Å². The van der Waals surface area contributed by atoms with Gasteiger partial charge in [0.2, 0.25) is 0 Å². The summed E-state index contributed by atoms with van der Waals surface area (Å²) in [6, 6.07) is 7.87. The Hall–Kier alpha value is -2.71. The van der Waals surface area contributed by atoms with Gasteiger partial charge in [0.05, 0.1) is 6.20 Å². The summed E-state index contributed by atoms with van der Waals surface area (Å²) in [6.45, 7) is 7.03. The maximum absolute atomic E-state index is 14.8. The van der Waals surface area contributed by atoms with Gasteiger partial charge in [-0.3, -0.25) is 10.2 Å². The van der Waals surface area contributed by atoms with Crippen LogP contribution in [0.15, 0.2) is 36.7 Å². The highest BCUT2D eigenvalue weighted by Gasteiger charge is 2.45. The molecule has 3 aromatic rings. The van der Waals surface area contributed by atoms with Gasteiger partial charge in [0.15, 0.2) is 5.65 Å².